The molecule has 0 aliphatic carbocycles. The van der Waals surface area contributed by atoms with Gasteiger partial charge in [-0.1, -0.05) is 0 Å². The highest BCUT2D eigenvalue weighted by atomic mass is 16.7. The molecule has 0 unspecified atom stereocenters. The first-order chi connectivity index (χ1) is 9.56. The lowest BCUT2D eigenvalue weighted by atomic mass is 9.99. The monoisotopic (exact) mass is 289 g/mol. The summed E-state index contributed by atoms with van der Waals surface area (Å²) in [7, 11) is 0. The van der Waals surface area contributed by atoms with Crippen LogP contribution < -0.4 is 5.73 Å². The van der Waals surface area contributed by atoms with Gasteiger partial charge in [0, 0.05) is 0 Å². The summed E-state index contributed by atoms with van der Waals surface area (Å²) in [4.78, 5) is 0. The summed E-state index contributed by atoms with van der Waals surface area (Å²) >= 11 is 0. The van der Waals surface area contributed by atoms with E-state index in [4.69, 9.17) is 24.7 Å². The summed E-state index contributed by atoms with van der Waals surface area (Å²) in [5.74, 6) is 1.08. The van der Waals surface area contributed by atoms with Crippen LogP contribution in [0.5, 0.6) is 0 Å². The van der Waals surface area contributed by atoms with Gasteiger partial charge in [-0.15, -0.1) is 0 Å². The van der Waals surface area contributed by atoms with Crippen molar-refractivity contribution < 1.29 is 34.3 Å². The van der Waals surface area contributed by atoms with Gasteiger partial charge in [-0.25, -0.2) is 0 Å². The third kappa shape index (κ3) is 3.18. The molecule has 0 aromatic carbocycles. The number of hydrogen-bond acceptors (Lipinski definition) is 8. The van der Waals surface area contributed by atoms with E-state index in [0.717, 1.165) is 0 Å². The highest BCUT2D eigenvalue weighted by Gasteiger charge is 2.44. The number of rotatable bonds is 5. The molecule has 0 spiro atoms. The third-order valence-corrected chi connectivity index (χ3v) is 3.16. The van der Waals surface area contributed by atoms with Gasteiger partial charge in [0.25, 0.3) is 0 Å². The van der Waals surface area contributed by atoms with Crippen molar-refractivity contribution in [2.24, 2.45) is 5.73 Å². The largest absolute Gasteiger partial charge is 0.462 e. The average molecular weight is 289 g/mol. The van der Waals surface area contributed by atoms with Gasteiger partial charge in [0.15, 0.2) is 6.29 Å². The maximum atomic E-state index is 9.76. The maximum absolute atomic E-state index is 9.76. The van der Waals surface area contributed by atoms with E-state index in [1.165, 1.54) is 0 Å². The van der Waals surface area contributed by atoms with Gasteiger partial charge in [-0.05, 0) is 12.1 Å². The maximum Gasteiger partial charge on any atom is 0.187 e. The van der Waals surface area contributed by atoms with Gasteiger partial charge < -0.3 is 40.1 Å². The number of ether oxygens (including phenoxy) is 2. The van der Waals surface area contributed by atoms with Gasteiger partial charge in [0.2, 0.25) is 0 Å². The van der Waals surface area contributed by atoms with E-state index in [1.54, 1.807) is 12.1 Å². The molecule has 1 aliphatic heterocycles. The minimum Gasteiger partial charge on any atom is -0.462 e. The average Bonchev–Trinajstić information content (AvgIpc) is 2.92. The molecule has 2 rings (SSSR count). The molecule has 1 aliphatic rings. The Morgan fingerprint density at radius 2 is 1.80 bits per heavy atom. The molecule has 6 N–H and O–H groups in total. The Hall–Kier alpha value is -1.00. The molecule has 0 bridgehead atoms. The number of nitrogens with two attached hydrogens (primary N) is 1. The standard InChI is InChI=1S/C12H19NO7/c13-3-6-1-2-7(19-6)5-18-12-11(17)10(16)9(15)8(4-14)20-12/h1-2,8-12,14-17H,3-5,13H2/t8-,9-,10+,11-,12-/m1/s1. The smallest absolute Gasteiger partial charge is 0.187 e. The van der Waals surface area contributed by atoms with Crippen molar-refractivity contribution in [3.63, 3.8) is 0 Å². The fourth-order valence-corrected chi connectivity index (χ4v) is 1.98. The zero-order valence-corrected chi connectivity index (χ0v) is 10.8. The topological polar surface area (TPSA) is 139 Å². The van der Waals surface area contributed by atoms with Crippen LogP contribution in [0.25, 0.3) is 0 Å². The summed E-state index contributed by atoms with van der Waals surface area (Å²) in [5, 5.41) is 38.0. The highest BCUT2D eigenvalue weighted by molar-refractivity contribution is 5.06. The van der Waals surface area contributed by atoms with Crippen LogP contribution in [-0.2, 0) is 22.6 Å². The molecule has 0 saturated carbocycles. The Bertz CT molecular complexity index is 422. The molecule has 2 heterocycles. The fourth-order valence-electron chi connectivity index (χ4n) is 1.98. The molecule has 20 heavy (non-hydrogen) atoms. The van der Waals surface area contributed by atoms with Gasteiger partial charge >= 0.3 is 0 Å². The van der Waals surface area contributed by atoms with Gasteiger partial charge in [-0.2, -0.15) is 0 Å². The second-order valence-electron chi connectivity index (χ2n) is 4.58. The van der Waals surface area contributed by atoms with Gasteiger partial charge in [-0.3, -0.25) is 0 Å². The second kappa shape index (κ2) is 6.64. The summed E-state index contributed by atoms with van der Waals surface area (Å²) < 4.78 is 15.8. The lowest BCUT2D eigenvalue weighted by Crippen LogP contribution is -2.59. The van der Waals surface area contributed by atoms with Crippen LogP contribution in [0.1, 0.15) is 11.5 Å². The number of aliphatic hydroxyl groups excluding tert-OH is 4. The summed E-state index contributed by atoms with van der Waals surface area (Å²) in [6.07, 6.45) is -6.44. The van der Waals surface area contributed by atoms with E-state index in [9.17, 15) is 15.3 Å². The van der Waals surface area contributed by atoms with Crippen LogP contribution in [0.2, 0.25) is 0 Å². The molecule has 1 aromatic heterocycles. The number of furan rings is 1. The lowest BCUT2D eigenvalue weighted by Gasteiger charge is -2.39. The van der Waals surface area contributed by atoms with Crippen molar-refractivity contribution in [1.82, 2.24) is 0 Å². The Morgan fingerprint density at radius 1 is 1.10 bits per heavy atom. The van der Waals surface area contributed by atoms with Crippen LogP contribution in [0, 0.1) is 0 Å². The van der Waals surface area contributed by atoms with E-state index >= 15 is 0 Å². The highest BCUT2D eigenvalue weighted by Crippen LogP contribution is 2.23. The van der Waals surface area contributed by atoms with Crippen LogP contribution in [0.4, 0.5) is 0 Å². The van der Waals surface area contributed by atoms with Crippen molar-refractivity contribution in [3.05, 3.63) is 23.7 Å². The molecule has 8 heteroatoms. The molecule has 0 radical (unpaired) electrons. The predicted octanol–water partition coefficient (Wildman–Crippen LogP) is -1.95. The molecule has 0 amide bonds. The van der Waals surface area contributed by atoms with E-state index in [1.807, 2.05) is 0 Å². The number of hydrogen-bond donors (Lipinski definition) is 5. The minimum atomic E-state index is -1.46. The molecular formula is C12H19NO7. The molecule has 1 fully saturated rings. The van der Waals surface area contributed by atoms with E-state index < -0.39 is 37.3 Å². The van der Waals surface area contributed by atoms with Gasteiger partial charge in [0.05, 0.1) is 13.2 Å². The number of aliphatic hydroxyl groups is 4. The first-order valence-electron chi connectivity index (χ1n) is 6.26. The SMILES string of the molecule is NCc1ccc(CO[C@@H]2O[C@H](CO)[C@@H](O)[C@H](O)[C@H]2O)o1. The Morgan fingerprint density at radius 3 is 2.40 bits per heavy atom. The Labute approximate surface area is 115 Å². The van der Waals surface area contributed by atoms with E-state index in [0.29, 0.717) is 11.5 Å². The van der Waals surface area contributed by atoms with E-state index in [2.05, 4.69) is 0 Å². The zero-order valence-electron chi connectivity index (χ0n) is 10.8. The van der Waals surface area contributed by atoms with Gasteiger partial charge in [0.1, 0.15) is 42.5 Å². The van der Waals surface area contributed by atoms with Crippen LogP contribution in [-0.4, -0.2) is 57.7 Å². The first-order valence-corrected chi connectivity index (χ1v) is 6.26. The van der Waals surface area contributed by atoms with Crippen LogP contribution in [0.15, 0.2) is 16.5 Å². The molecule has 1 saturated heterocycles. The van der Waals surface area contributed by atoms with Crippen LogP contribution in [0.3, 0.4) is 0 Å². The van der Waals surface area contributed by atoms with E-state index in [-0.39, 0.29) is 13.2 Å². The molecule has 5 atom stereocenters. The minimum absolute atomic E-state index is 0.00267. The van der Waals surface area contributed by atoms with Crippen molar-refractivity contribution in [2.45, 2.75) is 43.9 Å². The zero-order chi connectivity index (χ0) is 14.7. The summed E-state index contributed by atoms with van der Waals surface area (Å²) in [5.41, 5.74) is 5.41. The van der Waals surface area contributed by atoms with Crippen molar-refractivity contribution in [3.8, 4) is 0 Å². The van der Waals surface area contributed by atoms with Crippen LogP contribution >= 0.6 is 0 Å². The van der Waals surface area contributed by atoms with Crippen molar-refractivity contribution in [2.75, 3.05) is 6.61 Å². The predicted molar refractivity (Wildman–Crippen MR) is 65.2 cm³/mol. The fraction of sp³-hybridized carbons (Fsp3) is 0.667. The van der Waals surface area contributed by atoms with Crippen molar-refractivity contribution >= 4 is 0 Å². The third-order valence-electron chi connectivity index (χ3n) is 3.16. The molecule has 8 nitrogen and oxygen atoms in total. The Balaban J connectivity index is 1.94. The molecule has 1 aromatic rings. The lowest BCUT2D eigenvalue weighted by molar-refractivity contribution is -0.304. The summed E-state index contributed by atoms with van der Waals surface area (Å²) in [6, 6.07) is 3.37. The quantitative estimate of drug-likeness (QED) is 0.422. The normalized spacial score (nSPS) is 34.4. The van der Waals surface area contributed by atoms with Crippen molar-refractivity contribution in [1.29, 1.82) is 0 Å². The first kappa shape index (κ1) is 15.4. The second-order valence-corrected chi connectivity index (χ2v) is 4.58. The molecule has 114 valence electrons. The molecular weight excluding hydrogens is 270 g/mol. The Kier molecular flexibility index (Phi) is 5.11. The summed E-state index contributed by atoms with van der Waals surface area (Å²) in [6.45, 7) is -0.231.